The predicted molar refractivity (Wildman–Crippen MR) is 98.6 cm³/mol. The molecule has 23 heavy (non-hydrogen) atoms. The van der Waals surface area contributed by atoms with Gasteiger partial charge in [0.1, 0.15) is 0 Å². The lowest BCUT2D eigenvalue weighted by Gasteiger charge is -2.14. The number of nitrogens with zero attached hydrogens (tertiary/aromatic N) is 1. The molecule has 0 bridgehead atoms. The minimum Gasteiger partial charge on any atom is -0.313 e. The van der Waals surface area contributed by atoms with Gasteiger partial charge in [-0.25, -0.2) is 0 Å². The Morgan fingerprint density at radius 3 is 2.13 bits per heavy atom. The van der Waals surface area contributed by atoms with Crippen molar-refractivity contribution in [3.05, 3.63) is 59.7 Å². The Morgan fingerprint density at radius 2 is 1.48 bits per heavy atom. The zero-order chi connectivity index (χ0) is 15.9. The summed E-state index contributed by atoms with van der Waals surface area (Å²) >= 11 is 0. The van der Waals surface area contributed by atoms with E-state index >= 15 is 0 Å². The standard InChI is InChI=1S/C21H28N2/c1-18-5-9-20(10-6-18)21-11-7-19(8-12-21)17-22-13-4-16-23-14-2-3-15-23/h5-12,22H,2-4,13-17H2,1H3. The van der Waals surface area contributed by atoms with Gasteiger partial charge in [0, 0.05) is 6.54 Å². The van der Waals surface area contributed by atoms with E-state index in [2.05, 4.69) is 65.7 Å². The molecule has 1 aliphatic rings. The molecule has 0 spiro atoms. The number of aryl methyl sites for hydroxylation is 1. The molecule has 0 saturated carbocycles. The number of hydrogen-bond acceptors (Lipinski definition) is 2. The Labute approximate surface area is 140 Å². The highest BCUT2D eigenvalue weighted by molar-refractivity contribution is 5.63. The Morgan fingerprint density at radius 1 is 0.870 bits per heavy atom. The molecule has 3 rings (SSSR count). The second-order valence-electron chi connectivity index (χ2n) is 6.64. The van der Waals surface area contributed by atoms with Crippen LogP contribution in [0.5, 0.6) is 0 Å². The van der Waals surface area contributed by atoms with Crippen LogP contribution in [0.3, 0.4) is 0 Å². The van der Waals surface area contributed by atoms with E-state index in [0.29, 0.717) is 0 Å². The Balaban J connectivity index is 1.41. The van der Waals surface area contributed by atoms with Crippen molar-refractivity contribution < 1.29 is 0 Å². The molecular formula is C21H28N2. The Kier molecular flexibility index (Phi) is 5.84. The summed E-state index contributed by atoms with van der Waals surface area (Å²) in [4.78, 5) is 2.58. The normalized spacial score (nSPS) is 15.2. The number of rotatable bonds is 7. The molecule has 2 heteroatoms. The van der Waals surface area contributed by atoms with Gasteiger partial charge < -0.3 is 10.2 Å². The predicted octanol–water partition coefficient (Wildman–Crippen LogP) is 4.24. The SMILES string of the molecule is Cc1ccc(-c2ccc(CNCCCN3CCCC3)cc2)cc1. The topological polar surface area (TPSA) is 15.3 Å². The van der Waals surface area contributed by atoms with Crippen molar-refractivity contribution in [2.45, 2.75) is 32.7 Å². The third-order valence-corrected chi connectivity index (χ3v) is 4.69. The summed E-state index contributed by atoms with van der Waals surface area (Å²) in [5, 5.41) is 3.57. The first-order chi connectivity index (χ1) is 11.3. The van der Waals surface area contributed by atoms with Gasteiger partial charge in [-0.2, -0.15) is 0 Å². The fourth-order valence-electron chi connectivity index (χ4n) is 3.23. The highest BCUT2D eigenvalue weighted by Crippen LogP contribution is 2.20. The van der Waals surface area contributed by atoms with Crippen LogP contribution in [0.1, 0.15) is 30.4 Å². The minimum absolute atomic E-state index is 0.966. The quantitative estimate of drug-likeness (QED) is 0.770. The maximum Gasteiger partial charge on any atom is 0.0205 e. The number of benzene rings is 2. The average molecular weight is 308 g/mol. The summed E-state index contributed by atoms with van der Waals surface area (Å²) in [5.74, 6) is 0. The number of nitrogens with one attached hydrogen (secondary N) is 1. The monoisotopic (exact) mass is 308 g/mol. The van der Waals surface area contributed by atoms with Crippen molar-refractivity contribution >= 4 is 0 Å². The van der Waals surface area contributed by atoms with Gasteiger partial charge in [0.2, 0.25) is 0 Å². The van der Waals surface area contributed by atoms with Gasteiger partial charge in [-0.1, -0.05) is 54.1 Å². The average Bonchev–Trinajstić information content (AvgIpc) is 3.09. The van der Waals surface area contributed by atoms with Gasteiger partial charge in [0.05, 0.1) is 0 Å². The smallest absolute Gasteiger partial charge is 0.0205 e. The first-order valence-corrected chi connectivity index (χ1v) is 8.90. The van der Waals surface area contributed by atoms with Crippen molar-refractivity contribution in [3.8, 4) is 11.1 Å². The highest BCUT2D eigenvalue weighted by atomic mass is 15.1. The maximum absolute atomic E-state index is 3.57. The third-order valence-electron chi connectivity index (χ3n) is 4.69. The van der Waals surface area contributed by atoms with Crippen molar-refractivity contribution in [1.82, 2.24) is 10.2 Å². The lowest BCUT2D eigenvalue weighted by Crippen LogP contribution is -2.24. The van der Waals surface area contributed by atoms with Crippen LogP contribution in [0.2, 0.25) is 0 Å². The van der Waals surface area contributed by atoms with E-state index in [1.807, 2.05) is 0 Å². The van der Waals surface area contributed by atoms with E-state index in [0.717, 1.165) is 13.1 Å². The molecule has 0 atom stereocenters. The molecule has 122 valence electrons. The van der Waals surface area contributed by atoms with Gasteiger partial charge in [-0.05, 0) is 69.1 Å². The lowest BCUT2D eigenvalue weighted by molar-refractivity contribution is 0.331. The molecule has 1 heterocycles. The van der Waals surface area contributed by atoms with Crippen LogP contribution in [0.4, 0.5) is 0 Å². The Hall–Kier alpha value is -1.64. The molecule has 0 amide bonds. The lowest BCUT2D eigenvalue weighted by atomic mass is 10.0. The highest BCUT2D eigenvalue weighted by Gasteiger charge is 2.09. The molecule has 0 unspecified atom stereocenters. The molecule has 1 N–H and O–H groups in total. The zero-order valence-electron chi connectivity index (χ0n) is 14.2. The first-order valence-electron chi connectivity index (χ1n) is 8.90. The molecule has 0 aromatic heterocycles. The fourth-order valence-corrected chi connectivity index (χ4v) is 3.23. The van der Waals surface area contributed by atoms with Gasteiger partial charge in [-0.15, -0.1) is 0 Å². The maximum atomic E-state index is 3.57. The van der Waals surface area contributed by atoms with E-state index in [4.69, 9.17) is 0 Å². The van der Waals surface area contributed by atoms with E-state index in [1.165, 1.54) is 61.2 Å². The summed E-state index contributed by atoms with van der Waals surface area (Å²) < 4.78 is 0. The summed E-state index contributed by atoms with van der Waals surface area (Å²) in [6.07, 6.45) is 4.03. The third kappa shape index (κ3) is 4.92. The summed E-state index contributed by atoms with van der Waals surface area (Å²) in [6, 6.07) is 17.7. The van der Waals surface area contributed by atoms with Gasteiger partial charge >= 0.3 is 0 Å². The van der Waals surface area contributed by atoms with Crippen LogP contribution in [-0.4, -0.2) is 31.1 Å². The van der Waals surface area contributed by atoms with E-state index in [9.17, 15) is 0 Å². The van der Waals surface area contributed by atoms with Crippen LogP contribution in [0.15, 0.2) is 48.5 Å². The Bertz CT molecular complexity index is 580. The minimum atomic E-state index is 0.966. The second kappa shape index (κ2) is 8.28. The number of likely N-dealkylation sites (tertiary alicyclic amines) is 1. The summed E-state index contributed by atoms with van der Waals surface area (Å²) in [5.41, 5.74) is 5.26. The molecule has 2 nitrogen and oxygen atoms in total. The fraction of sp³-hybridized carbons (Fsp3) is 0.429. The molecule has 1 fully saturated rings. The number of hydrogen-bond donors (Lipinski definition) is 1. The summed E-state index contributed by atoms with van der Waals surface area (Å²) in [7, 11) is 0. The van der Waals surface area contributed by atoms with E-state index in [-0.39, 0.29) is 0 Å². The van der Waals surface area contributed by atoms with Crippen LogP contribution in [0, 0.1) is 6.92 Å². The molecule has 0 aliphatic carbocycles. The van der Waals surface area contributed by atoms with Crippen LogP contribution < -0.4 is 5.32 Å². The molecule has 1 aliphatic heterocycles. The van der Waals surface area contributed by atoms with Crippen molar-refractivity contribution in [1.29, 1.82) is 0 Å². The van der Waals surface area contributed by atoms with Gasteiger partial charge in [-0.3, -0.25) is 0 Å². The molecular weight excluding hydrogens is 280 g/mol. The van der Waals surface area contributed by atoms with Crippen LogP contribution >= 0.6 is 0 Å². The van der Waals surface area contributed by atoms with Crippen LogP contribution in [-0.2, 0) is 6.54 Å². The van der Waals surface area contributed by atoms with Crippen molar-refractivity contribution in [3.63, 3.8) is 0 Å². The van der Waals surface area contributed by atoms with E-state index < -0.39 is 0 Å². The second-order valence-corrected chi connectivity index (χ2v) is 6.64. The van der Waals surface area contributed by atoms with Gasteiger partial charge in [0.15, 0.2) is 0 Å². The molecule has 2 aromatic carbocycles. The largest absolute Gasteiger partial charge is 0.313 e. The first kappa shape index (κ1) is 16.2. The van der Waals surface area contributed by atoms with Crippen LogP contribution in [0.25, 0.3) is 11.1 Å². The molecule has 0 radical (unpaired) electrons. The van der Waals surface area contributed by atoms with Crippen molar-refractivity contribution in [2.24, 2.45) is 0 Å². The van der Waals surface area contributed by atoms with Crippen molar-refractivity contribution in [2.75, 3.05) is 26.2 Å². The summed E-state index contributed by atoms with van der Waals surface area (Å²) in [6.45, 7) is 8.06. The zero-order valence-corrected chi connectivity index (χ0v) is 14.2. The molecule has 2 aromatic rings. The molecule has 1 saturated heterocycles. The van der Waals surface area contributed by atoms with Gasteiger partial charge in [0.25, 0.3) is 0 Å². The van der Waals surface area contributed by atoms with E-state index in [1.54, 1.807) is 0 Å².